The first-order chi connectivity index (χ1) is 8.13. The molecule has 2 unspecified atom stereocenters. The molecule has 0 aliphatic carbocycles. The number of rotatable bonds is 8. The Morgan fingerprint density at radius 1 is 1.59 bits per heavy atom. The van der Waals surface area contributed by atoms with Crippen molar-refractivity contribution in [1.29, 1.82) is 0 Å². The summed E-state index contributed by atoms with van der Waals surface area (Å²) >= 11 is 0. The van der Waals surface area contributed by atoms with E-state index in [-0.39, 0.29) is 6.04 Å². The fourth-order valence-electron chi connectivity index (χ4n) is 1.77. The summed E-state index contributed by atoms with van der Waals surface area (Å²) in [5.41, 5.74) is 0. The molecule has 0 saturated heterocycles. The molecule has 5 heteroatoms. The first kappa shape index (κ1) is 13.7. The molecule has 96 valence electrons. The van der Waals surface area contributed by atoms with E-state index in [1.54, 1.807) is 10.9 Å². The van der Waals surface area contributed by atoms with Crippen molar-refractivity contribution in [1.82, 2.24) is 15.1 Å². The molecule has 1 aromatic heterocycles. The predicted molar refractivity (Wildman–Crippen MR) is 65.8 cm³/mol. The van der Waals surface area contributed by atoms with E-state index in [1.807, 2.05) is 19.2 Å². The van der Waals surface area contributed by atoms with Crippen molar-refractivity contribution in [3.63, 3.8) is 0 Å². The minimum Gasteiger partial charge on any atom is -0.480 e. The molecule has 0 bridgehead atoms. The molecule has 1 aromatic rings. The Kier molecular flexibility index (Phi) is 5.69. The van der Waals surface area contributed by atoms with Gasteiger partial charge >= 0.3 is 5.97 Å². The van der Waals surface area contributed by atoms with E-state index < -0.39 is 12.0 Å². The van der Waals surface area contributed by atoms with Gasteiger partial charge in [0, 0.05) is 18.4 Å². The summed E-state index contributed by atoms with van der Waals surface area (Å²) in [6.45, 7) is 4.72. The summed E-state index contributed by atoms with van der Waals surface area (Å²) in [6, 6.07) is 1.49. The summed E-state index contributed by atoms with van der Waals surface area (Å²) in [4.78, 5) is 11.1. The Morgan fingerprint density at radius 3 is 2.88 bits per heavy atom. The molecular weight excluding hydrogens is 218 g/mol. The van der Waals surface area contributed by atoms with Crippen LogP contribution in [0.2, 0.25) is 0 Å². The predicted octanol–water partition coefficient (Wildman–Crippen LogP) is 1.50. The highest BCUT2D eigenvalue weighted by atomic mass is 16.4. The number of hydrogen-bond donors (Lipinski definition) is 2. The number of nitrogens with zero attached hydrogens (tertiary/aromatic N) is 2. The zero-order chi connectivity index (χ0) is 12.7. The highest BCUT2D eigenvalue weighted by molar-refractivity contribution is 5.73. The van der Waals surface area contributed by atoms with Crippen LogP contribution in [0.3, 0.4) is 0 Å². The number of aliphatic carboxylic acids is 1. The minimum atomic E-state index is -0.772. The first-order valence-corrected chi connectivity index (χ1v) is 6.09. The fourth-order valence-corrected chi connectivity index (χ4v) is 1.77. The van der Waals surface area contributed by atoms with Crippen LogP contribution in [0.4, 0.5) is 0 Å². The van der Waals surface area contributed by atoms with Gasteiger partial charge in [0.25, 0.3) is 0 Å². The Morgan fingerprint density at radius 2 is 2.35 bits per heavy atom. The highest BCUT2D eigenvalue weighted by Gasteiger charge is 2.18. The van der Waals surface area contributed by atoms with Gasteiger partial charge in [-0.05, 0) is 19.4 Å². The molecule has 5 nitrogen and oxygen atoms in total. The van der Waals surface area contributed by atoms with Crippen molar-refractivity contribution < 1.29 is 9.90 Å². The summed E-state index contributed by atoms with van der Waals surface area (Å²) in [6.07, 6.45) is 6.21. The largest absolute Gasteiger partial charge is 0.480 e. The van der Waals surface area contributed by atoms with Gasteiger partial charge in [-0.3, -0.25) is 9.48 Å². The van der Waals surface area contributed by atoms with Crippen LogP contribution in [0.15, 0.2) is 18.5 Å². The fraction of sp³-hybridized carbons (Fsp3) is 0.667. The van der Waals surface area contributed by atoms with Gasteiger partial charge in [-0.2, -0.15) is 5.10 Å². The lowest BCUT2D eigenvalue weighted by Gasteiger charge is -2.20. The molecule has 0 aliphatic rings. The van der Waals surface area contributed by atoms with Gasteiger partial charge in [0.05, 0.1) is 6.54 Å². The van der Waals surface area contributed by atoms with E-state index in [2.05, 4.69) is 17.3 Å². The third-order valence-electron chi connectivity index (χ3n) is 2.65. The average Bonchev–Trinajstić information content (AvgIpc) is 2.76. The van der Waals surface area contributed by atoms with Gasteiger partial charge in [-0.1, -0.05) is 19.8 Å². The lowest BCUT2D eigenvalue weighted by molar-refractivity contribution is -0.139. The van der Waals surface area contributed by atoms with Gasteiger partial charge in [0.2, 0.25) is 0 Å². The lowest BCUT2D eigenvalue weighted by Crippen LogP contribution is -2.43. The molecule has 17 heavy (non-hydrogen) atoms. The van der Waals surface area contributed by atoms with Crippen LogP contribution in [-0.2, 0) is 11.3 Å². The summed E-state index contributed by atoms with van der Waals surface area (Å²) in [5.74, 6) is -0.772. The van der Waals surface area contributed by atoms with Crippen molar-refractivity contribution in [2.24, 2.45) is 0 Å². The third-order valence-corrected chi connectivity index (χ3v) is 2.65. The molecule has 2 atom stereocenters. The van der Waals surface area contributed by atoms with Crippen LogP contribution in [0.1, 0.15) is 33.1 Å². The smallest absolute Gasteiger partial charge is 0.320 e. The van der Waals surface area contributed by atoms with Crippen molar-refractivity contribution in [3.8, 4) is 0 Å². The van der Waals surface area contributed by atoms with E-state index in [0.29, 0.717) is 13.0 Å². The number of unbranched alkanes of at least 4 members (excludes halogenated alkanes) is 1. The number of hydrogen-bond acceptors (Lipinski definition) is 3. The maximum Gasteiger partial charge on any atom is 0.320 e. The summed E-state index contributed by atoms with van der Waals surface area (Å²) in [5, 5.41) is 16.3. The van der Waals surface area contributed by atoms with E-state index in [1.165, 1.54) is 0 Å². The summed E-state index contributed by atoms with van der Waals surface area (Å²) < 4.78 is 1.80. The van der Waals surface area contributed by atoms with Crippen LogP contribution in [0.25, 0.3) is 0 Å². The molecule has 0 aliphatic heterocycles. The molecule has 0 fully saturated rings. The SMILES string of the molecule is CCCCC(NC(C)Cn1cccn1)C(=O)O. The summed E-state index contributed by atoms with van der Waals surface area (Å²) in [7, 11) is 0. The molecule has 2 N–H and O–H groups in total. The number of carboxylic acid groups (broad SMARTS) is 1. The van der Waals surface area contributed by atoms with Crippen LogP contribution >= 0.6 is 0 Å². The van der Waals surface area contributed by atoms with E-state index in [4.69, 9.17) is 5.11 Å². The topological polar surface area (TPSA) is 67.2 Å². The van der Waals surface area contributed by atoms with Crippen LogP contribution in [-0.4, -0.2) is 32.9 Å². The van der Waals surface area contributed by atoms with Gasteiger partial charge in [-0.25, -0.2) is 0 Å². The lowest BCUT2D eigenvalue weighted by atomic mass is 10.1. The standard InChI is InChI=1S/C12H21N3O2/c1-3-4-6-11(12(16)17)14-10(2)9-15-8-5-7-13-15/h5,7-8,10-11,14H,3-4,6,9H2,1-2H3,(H,16,17). The zero-order valence-electron chi connectivity index (χ0n) is 10.5. The van der Waals surface area contributed by atoms with Gasteiger partial charge < -0.3 is 10.4 Å². The zero-order valence-corrected chi connectivity index (χ0v) is 10.5. The second kappa shape index (κ2) is 7.06. The number of carboxylic acids is 1. The molecule has 0 spiro atoms. The monoisotopic (exact) mass is 239 g/mol. The van der Waals surface area contributed by atoms with Crippen molar-refractivity contribution in [2.75, 3.05) is 0 Å². The Labute approximate surface area is 102 Å². The van der Waals surface area contributed by atoms with Crippen LogP contribution in [0.5, 0.6) is 0 Å². The Bertz CT molecular complexity index is 325. The minimum absolute atomic E-state index is 0.0906. The molecule has 0 saturated carbocycles. The third kappa shape index (κ3) is 4.99. The second-order valence-electron chi connectivity index (χ2n) is 4.33. The molecule has 1 heterocycles. The Balaban J connectivity index is 2.40. The highest BCUT2D eigenvalue weighted by Crippen LogP contribution is 2.03. The number of nitrogens with one attached hydrogen (secondary N) is 1. The Hall–Kier alpha value is -1.36. The molecule has 0 aromatic carbocycles. The molecule has 0 radical (unpaired) electrons. The first-order valence-electron chi connectivity index (χ1n) is 6.09. The number of aromatic nitrogens is 2. The van der Waals surface area contributed by atoms with Crippen LogP contribution in [0, 0.1) is 0 Å². The maximum absolute atomic E-state index is 11.1. The molecule has 0 amide bonds. The second-order valence-corrected chi connectivity index (χ2v) is 4.33. The maximum atomic E-state index is 11.1. The van der Waals surface area contributed by atoms with E-state index >= 15 is 0 Å². The van der Waals surface area contributed by atoms with Crippen molar-refractivity contribution in [3.05, 3.63) is 18.5 Å². The van der Waals surface area contributed by atoms with Crippen LogP contribution < -0.4 is 5.32 Å². The van der Waals surface area contributed by atoms with E-state index in [9.17, 15) is 4.79 Å². The normalized spacial score (nSPS) is 14.5. The molecule has 1 rings (SSSR count). The quantitative estimate of drug-likeness (QED) is 0.721. The van der Waals surface area contributed by atoms with E-state index in [0.717, 1.165) is 12.8 Å². The van der Waals surface area contributed by atoms with Crippen molar-refractivity contribution >= 4 is 5.97 Å². The number of carbonyl (C=O) groups is 1. The van der Waals surface area contributed by atoms with Gasteiger partial charge in [0.1, 0.15) is 6.04 Å². The van der Waals surface area contributed by atoms with Gasteiger partial charge in [0.15, 0.2) is 0 Å². The van der Waals surface area contributed by atoms with Gasteiger partial charge in [-0.15, -0.1) is 0 Å². The average molecular weight is 239 g/mol. The molecular formula is C12H21N3O2. The van der Waals surface area contributed by atoms with Crippen molar-refractivity contribution in [2.45, 2.75) is 51.7 Å².